The van der Waals surface area contributed by atoms with Gasteiger partial charge in [0, 0.05) is 5.41 Å². The van der Waals surface area contributed by atoms with Gasteiger partial charge in [-0.25, -0.2) is 0 Å². The molecule has 0 aliphatic heterocycles. The third-order valence-corrected chi connectivity index (χ3v) is 15.0. The second-order valence-corrected chi connectivity index (χ2v) is 16.2. The molecule has 2 saturated carbocycles. The quantitative estimate of drug-likeness (QED) is 0.194. The van der Waals surface area contributed by atoms with Crippen molar-refractivity contribution in [3.63, 3.8) is 0 Å². The molecule has 3 aliphatic carbocycles. The summed E-state index contributed by atoms with van der Waals surface area (Å²) in [5.41, 5.74) is 5.41. The molecule has 0 amide bonds. The minimum absolute atomic E-state index is 0.236. The van der Waals surface area contributed by atoms with E-state index in [4.69, 9.17) is 0 Å². The Balaban J connectivity index is 1.33. The third kappa shape index (κ3) is 4.11. The normalized spacial score (nSPS) is 28.5. The Morgan fingerprint density at radius 3 is 1.90 bits per heavy atom. The summed E-state index contributed by atoms with van der Waals surface area (Å²) in [7, 11) is -2.76. The molecule has 2 N–H and O–H groups in total. The summed E-state index contributed by atoms with van der Waals surface area (Å²) in [6, 6.07) is 38.3. The summed E-state index contributed by atoms with van der Waals surface area (Å²) in [6.45, 7) is 2.33. The van der Waals surface area contributed by atoms with Gasteiger partial charge in [0.15, 0.2) is 0 Å². The molecule has 4 aromatic rings. The minimum Gasteiger partial charge on any atom is -0.508 e. The maximum absolute atomic E-state index is 12.6. The minimum atomic E-state index is -2.76. The first-order valence-electron chi connectivity index (χ1n) is 15.2. The van der Waals surface area contributed by atoms with Crippen molar-refractivity contribution >= 4 is 23.6 Å². The van der Waals surface area contributed by atoms with E-state index in [1.165, 1.54) is 26.7 Å². The Morgan fingerprint density at radius 1 is 0.732 bits per heavy atom. The smallest absolute Gasteiger partial charge is 0.229 e. The van der Waals surface area contributed by atoms with E-state index in [1.54, 1.807) is 0 Å². The van der Waals surface area contributed by atoms with Crippen LogP contribution in [0.1, 0.15) is 56.1 Å². The monoisotopic (exact) mass is 554 g/mol. The van der Waals surface area contributed by atoms with E-state index in [2.05, 4.69) is 115 Å². The number of phenolic OH excluding ortho intramolecular Hbond substituents is 1. The SMILES string of the molecule is C[C@]12CC[C@@H]3c4ccc(O)cc4CC[C@H]3[C@@H]1CC[C@@]2(O)C#C[Si](c1ccccc1)(c1ccccc1)c1ccccc1. The molecule has 2 nitrogen and oxygen atoms in total. The van der Waals surface area contributed by atoms with Crippen molar-refractivity contribution in [2.45, 2.75) is 57.0 Å². The fourth-order valence-electron chi connectivity index (χ4n) is 8.77. The molecule has 0 bridgehead atoms. The Hall–Kier alpha value is -3.58. The molecule has 5 atom stereocenters. The van der Waals surface area contributed by atoms with Gasteiger partial charge in [-0.3, -0.25) is 0 Å². The molecule has 4 aromatic carbocycles. The Morgan fingerprint density at radius 2 is 1.32 bits per heavy atom. The molecule has 0 radical (unpaired) electrons. The van der Waals surface area contributed by atoms with Gasteiger partial charge in [-0.2, -0.15) is 0 Å². The van der Waals surface area contributed by atoms with Crippen molar-refractivity contribution in [3.8, 4) is 17.2 Å². The molecule has 3 heteroatoms. The molecule has 2 fully saturated rings. The van der Waals surface area contributed by atoms with Gasteiger partial charge in [0.05, 0.1) is 0 Å². The molecule has 0 heterocycles. The Labute approximate surface area is 245 Å². The standard InChI is InChI=1S/C38H38O2Si/c1-37-23-21-34-33-20-18-29(39)27-28(33)17-19-35(34)36(37)22-24-38(37,40)25-26-41(30-11-5-2-6-12-30,31-13-7-3-8-14-31)32-15-9-4-10-16-32/h2-16,18,20,27,34-36,39-40H,17,19,21-24H2,1H3/t34-,35-,36+,37+,38-/m1/s1. The van der Waals surface area contributed by atoms with Crippen LogP contribution in [0.25, 0.3) is 0 Å². The van der Waals surface area contributed by atoms with E-state index in [0.717, 1.165) is 38.5 Å². The summed E-state index contributed by atoms with van der Waals surface area (Å²) in [4.78, 5) is 0. The number of hydrogen-bond donors (Lipinski definition) is 2. The number of hydrogen-bond acceptors (Lipinski definition) is 2. The number of aryl methyl sites for hydroxylation is 1. The van der Waals surface area contributed by atoms with Crippen LogP contribution in [-0.2, 0) is 6.42 Å². The summed E-state index contributed by atoms with van der Waals surface area (Å²) in [5.74, 6) is 5.58. The molecular weight excluding hydrogens is 517 g/mol. The number of phenols is 1. The van der Waals surface area contributed by atoms with Gasteiger partial charge in [0.1, 0.15) is 11.4 Å². The van der Waals surface area contributed by atoms with Crippen LogP contribution in [0.3, 0.4) is 0 Å². The molecule has 3 aliphatic rings. The van der Waals surface area contributed by atoms with E-state index < -0.39 is 13.7 Å². The predicted molar refractivity (Wildman–Crippen MR) is 169 cm³/mol. The first-order valence-corrected chi connectivity index (χ1v) is 17.2. The summed E-state index contributed by atoms with van der Waals surface area (Å²) in [5, 5.41) is 26.4. The molecular formula is C38H38O2Si. The maximum atomic E-state index is 12.6. The number of rotatable bonds is 3. The van der Waals surface area contributed by atoms with Gasteiger partial charge in [0.25, 0.3) is 0 Å². The molecule has 7 rings (SSSR count). The van der Waals surface area contributed by atoms with E-state index in [-0.39, 0.29) is 5.41 Å². The lowest BCUT2D eigenvalue weighted by Gasteiger charge is -2.52. The summed E-state index contributed by atoms with van der Waals surface area (Å²) < 4.78 is 0. The first-order chi connectivity index (χ1) is 19.9. The Bertz CT molecular complexity index is 1510. The van der Waals surface area contributed by atoms with Crippen molar-refractivity contribution in [1.29, 1.82) is 0 Å². The molecule has 0 unspecified atom stereocenters. The second kappa shape index (κ2) is 10.1. The van der Waals surface area contributed by atoms with Crippen molar-refractivity contribution in [3.05, 3.63) is 120 Å². The maximum Gasteiger partial charge on any atom is 0.229 e. The topological polar surface area (TPSA) is 40.5 Å². The molecule has 0 saturated heterocycles. The van der Waals surface area contributed by atoms with Crippen LogP contribution in [0.2, 0.25) is 0 Å². The molecule has 206 valence electrons. The summed E-state index contributed by atoms with van der Waals surface area (Å²) in [6.07, 6.45) is 5.93. The number of fused-ring (bicyclic) bond motifs is 5. The lowest BCUT2D eigenvalue weighted by atomic mass is 9.53. The van der Waals surface area contributed by atoms with Crippen LogP contribution in [0.4, 0.5) is 0 Å². The van der Waals surface area contributed by atoms with Crippen molar-refractivity contribution < 1.29 is 10.2 Å². The van der Waals surface area contributed by atoms with E-state index in [0.29, 0.717) is 23.5 Å². The van der Waals surface area contributed by atoms with Crippen molar-refractivity contribution in [2.24, 2.45) is 17.3 Å². The van der Waals surface area contributed by atoms with Gasteiger partial charge in [0.2, 0.25) is 8.07 Å². The van der Waals surface area contributed by atoms with Crippen LogP contribution in [0.15, 0.2) is 109 Å². The van der Waals surface area contributed by atoms with Crippen LogP contribution in [0, 0.1) is 28.7 Å². The average Bonchev–Trinajstić information content (AvgIpc) is 3.29. The van der Waals surface area contributed by atoms with Gasteiger partial charge < -0.3 is 10.2 Å². The van der Waals surface area contributed by atoms with Gasteiger partial charge >= 0.3 is 0 Å². The fourth-order valence-corrected chi connectivity index (χ4v) is 12.7. The average molecular weight is 555 g/mol. The number of aromatic hydroxyl groups is 1. The molecule has 0 aromatic heterocycles. The van der Waals surface area contributed by atoms with Crippen LogP contribution in [0.5, 0.6) is 5.75 Å². The highest BCUT2D eigenvalue weighted by molar-refractivity contribution is 7.16. The predicted octanol–water partition coefficient (Wildman–Crippen LogP) is 5.69. The zero-order valence-electron chi connectivity index (χ0n) is 23.8. The van der Waals surface area contributed by atoms with Crippen molar-refractivity contribution in [2.75, 3.05) is 0 Å². The lowest BCUT2D eigenvalue weighted by Crippen LogP contribution is -2.66. The number of benzene rings is 4. The van der Waals surface area contributed by atoms with E-state index >= 15 is 0 Å². The second-order valence-electron chi connectivity index (χ2n) is 12.8. The zero-order chi connectivity index (χ0) is 28.1. The lowest BCUT2D eigenvalue weighted by molar-refractivity contribution is -0.0647. The van der Waals surface area contributed by atoms with Gasteiger partial charge in [-0.1, -0.05) is 110 Å². The first kappa shape index (κ1) is 26.3. The number of aliphatic hydroxyl groups is 1. The highest BCUT2D eigenvalue weighted by atomic mass is 28.3. The molecule has 0 spiro atoms. The van der Waals surface area contributed by atoms with Gasteiger partial charge in [-0.15, -0.1) is 5.54 Å². The highest BCUT2D eigenvalue weighted by Gasteiger charge is 2.61. The zero-order valence-corrected chi connectivity index (χ0v) is 24.8. The van der Waals surface area contributed by atoms with Crippen LogP contribution < -0.4 is 15.6 Å². The summed E-state index contributed by atoms with van der Waals surface area (Å²) >= 11 is 0. The highest BCUT2D eigenvalue weighted by Crippen LogP contribution is 2.64. The fraction of sp³-hybridized carbons (Fsp3) is 0.316. The van der Waals surface area contributed by atoms with E-state index in [1.807, 2.05) is 12.1 Å². The van der Waals surface area contributed by atoms with Crippen molar-refractivity contribution in [1.82, 2.24) is 0 Å². The van der Waals surface area contributed by atoms with Crippen LogP contribution in [-0.4, -0.2) is 23.9 Å². The third-order valence-electron chi connectivity index (χ3n) is 10.9. The largest absolute Gasteiger partial charge is 0.508 e. The van der Waals surface area contributed by atoms with Crippen LogP contribution >= 0.6 is 0 Å². The van der Waals surface area contributed by atoms with E-state index in [9.17, 15) is 10.2 Å². The van der Waals surface area contributed by atoms with Gasteiger partial charge in [-0.05, 0) is 95.1 Å². The molecule has 41 heavy (non-hydrogen) atoms. The Kier molecular flexibility index (Phi) is 6.45.